The van der Waals surface area contributed by atoms with Crippen molar-refractivity contribution in [2.75, 3.05) is 25.0 Å². The number of hydrogen-bond acceptors (Lipinski definition) is 2. The Morgan fingerprint density at radius 3 is 2.53 bits per heavy atom. The van der Waals surface area contributed by atoms with Gasteiger partial charge in [-0.3, -0.25) is 4.79 Å². The summed E-state index contributed by atoms with van der Waals surface area (Å²) in [5.74, 6) is 0.360. The number of hydrogen-bond donors (Lipinski definition) is 1. The number of likely N-dealkylation sites (tertiary alicyclic amines) is 1. The van der Waals surface area contributed by atoms with Crippen LogP contribution in [0.5, 0.6) is 0 Å². The molecule has 1 N–H and O–H groups in total. The van der Waals surface area contributed by atoms with E-state index in [1.165, 1.54) is 28.1 Å². The summed E-state index contributed by atoms with van der Waals surface area (Å²) in [6, 6.07) is 23.8. The van der Waals surface area contributed by atoms with E-state index in [-0.39, 0.29) is 17.6 Å². The number of aromatic nitrogens is 1. The third-order valence-corrected chi connectivity index (χ3v) is 7.95. The molecule has 4 aromatic rings. The zero-order chi connectivity index (χ0) is 26.6. The lowest BCUT2D eigenvalue weighted by molar-refractivity contribution is -0.118. The molecular weight excluding hydrogens is 473 g/mol. The van der Waals surface area contributed by atoms with E-state index in [1.54, 1.807) is 12.1 Å². The number of halogens is 1. The first-order valence-electron chi connectivity index (χ1n) is 13.9. The molecule has 5 heteroatoms. The summed E-state index contributed by atoms with van der Waals surface area (Å²) < 4.78 is 16.3. The first kappa shape index (κ1) is 26.2. The molecular formula is C33H38FN3O. The van der Waals surface area contributed by atoms with Crippen molar-refractivity contribution in [1.29, 1.82) is 0 Å². The third-order valence-electron chi connectivity index (χ3n) is 7.95. The van der Waals surface area contributed by atoms with Gasteiger partial charge in [-0.25, -0.2) is 4.39 Å². The number of carbonyl (C=O) groups excluding carboxylic acids is 1. The van der Waals surface area contributed by atoms with Crippen molar-refractivity contribution in [3.8, 4) is 11.3 Å². The summed E-state index contributed by atoms with van der Waals surface area (Å²) in [6.07, 6.45) is 4.29. The predicted octanol–water partition coefficient (Wildman–Crippen LogP) is 7.39. The number of nitrogens with zero attached hydrogens (tertiary/aromatic N) is 2. The van der Waals surface area contributed by atoms with E-state index in [9.17, 15) is 9.18 Å². The molecule has 198 valence electrons. The normalized spacial score (nSPS) is 14.9. The number of carbonyl (C=O) groups is 1. The van der Waals surface area contributed by atoms with Crippen molar-refractivity contribution in [3.63, 3.8) is 0 Å². The van der Waals surface area contributed by atoms with Gasteiger partial charge in [0.15, 0.2) is 0 Å². The van der Waals surface area contributed by atoms with Crippen LogP contribution in [0.25, 0.3) is 22.2 Å². The summed E-state index contributed by atoms with van der Waals surface area (Å²) in [7, 11) is 2.08. The van der Waals surface area contributed by atoms with Gasteiger partial charge in [0.1, 0.15) is 5.82 Å². The van der Waals surface area contributed by atoms with Gasteiger partial charge in [0.05, 0.1) is 5.69 Å². The Morgan fingerprint density at radius 1 is 1.00 bits per heavy atom. The van der Waals surface area contributed by atoms with E-state index < -0.39 is 0 Å². The van der Waals surface area contributed by atoms with Crippen molar-refractivity contribution >= 4 is 22.5 Å². The monoisotopic (exact) mass is 511 g/mol. The number of amides is 1. The molecule has 0 spiro atoms. The Balaban J connectivity index is 1.22. The molecule has 0 aliphatic carbocycles. The minimum Gasteiger partial charge on any atom is -0.343 e. The highest BCUT2D eigenvalue weighted by molar-refractivity contribution is 5.92. The van der Waals surface area contributed by atoms with Gasteiger partial charge in [0.25, 0.3) is 0 Å². The fraction of sp³-hybridized carbons (Fsp3) is 0.364. The van der Waals surface area contributed by atoms with E-state index >= 15 is 0 Å². The molecule has 0 saturated carbocycles. The number of rotatable bonds is 8. The molecule has 1 aliphatic rings. The average molecular weight is 512 g/mol. The smallest absolute Gasteiger partial charge is 0.226 e. The number of anilines is 1. The molecule has 1 aromatic heterocycles. The van der Waals surface area contributed by atoms with Gasteiger partial charge in [-0.2, -0.15) is 0 Å². The highest BCUT2D eigenvalue weighted by Crippen LogP contribution is 2.35. The summed E-state index contributed by atoms with van der Waals surface area (Å²) in [6.45, 7) is 7.05. The molecule has 0 atom stereocenters. The molecule has 5 rings (SSSR count). The van der Waals surface area contributed by atoms with Crippen LogP contribution in [0.3, 0.4) is 0 Å². The van der Waals surface area contributed by atoms with Gasteiger partial charge < -0.3 is 14.8 Å². The van der Waals surface area contributed by atoms with Gasteiger partial charge >= 0.3 is 0 Å². The van der Waals surface area contributed by atoms with Crippen LogP contribution < -0.4 is 5.32 Å². The van der Waals surface area contributed by atoms with Crippen molar-refractivity contribution in [1.82, 2.24) is 9.47 Å². The van der Waals surface area contributed by atoms with Crippen LogP contribution in [0.15, 0.2) is 72.8 Å². The number of fused-ring (bicyclic) bond motifs is 1. The number of para-hydroxylation sites is 1. The van der Waals surface area contributed by atoms with Crippen LogP contribution in [-0.2, 0) is 18.3 Å². The lowest BCUT2D eigenvalue weighted by atomic mass is 9.89. The summed E-state index contributed by atoms with van der Waals surface area (Å²) in [5.41, 5.74) is 6.77. The Morgan fingerprint density at radius 2 is 1.76 bits per heavy atom. The maximum Gasteiger partial charge on any atom is 0.226 e. The third kappa shape index (κ3) is 5.68. The zero-order valence-electron chi connectivity index (χ0n) is 22.7. The maximum absolute atomic E-state index is 14.1. The van der Waals surface area contributed by atoms with Gasteiger partial charge in [0, 0.05) is 35.1 Å². The molecule has 0 radical (unpaired) electrons. The standard InChI is InChI=1S/C33H38FN3O/c1-23(2)33(38)35-28-12-7-9-25(22-28)24-16-19-37(20-17-24)18-8-14-30-29-13-4-5-15-31(29)36(3)32(30)26-10-6-11-27(34)21-26/h4-7,9-13,15,21-24H,8,14,16-20H2,1-3H3,(H,35,38). The van der Waals surface area contributed by atoms with E-state index in [0.29, 0.717) is 5.92 Å². The molecule has 3 aromatic carbocycles. The van der Waals surface area contributed by atoms with Crippen molar-refractivity contribution in [3.05, 3.63) is 89.7 Å². The molecule has 1 amide bonds. The van der Waals surface area contributed by atoms with Crippen LogP contribution in [0.4, 0.5) is 10.1 Å². The number of aryl methyl sites for hydroxylation is 2. The Bertz CT molecular complexity index is 1420. The van der Waals surface area contributed by atoms with Crippen LogP contribution in [-0.4, -0.2) is 35.0 Å². The van der Waals surface area contributed by atoms with Gasteiger partial charge in [-0.1, -0.05) is 56.3 Å². The van der Waals surface area contributed by atoms with E-state index in [1.807, 2.05) is 26.0 Å². The van der Waals surface area contributed by atoms with Gasteiger partial charge in [-0.05, 0) is 92.7 Å². The van der Waals surface area contributed by atoms with Crippen LogP contribution in [0, 0.1) is 11.7 Å². The SMILES string of the molecule is CC(C)C(=O)Nc1cccc(C2CCN(CCCc3c(-c4cccc(F)c4)n(C)c4ccccc34)CC2)c1. The second-order valence-corrected chi connectivity index (χ2v) is 10.9. The van der Waals surface area contributed by atoms with Crippen LogP contribution >= 0.6 is 0 Å². The van der Waals surface area contributed by atoms with Crippen molar-refractivity contribution < 1.29 is 9.18 Å². The second-order valence-electron chi connectivity index (χ2n) is 10.9. The minimum absolute atomic E-state index is 0.0271. The summed E-state index contributed by atoms with van der Waals surface area (Å²) in [4.78, 5) is 14.7. The molecule has 0 bridgehead atoms. The average Bonchev–Trinajstić information content (AvgIpc) is 3.20. The molecule has 1 aliphatic heterocycles. The first-order valence-corrected chi connectivity index (χ1v) is 13.9. The number of benzene rings is 3. The molecule has 0 unspecified atom stereocenters. The summed E-state index contributed by atoms with van der Waals surface area (Å²) >= 11 is 0. The lowest BCUT2D eigenvalue weighted by Crippen LogP contribution is -2.33. The van der Waals surface area contributed by atoms with Crippen LogP contribution in [0.1, 0.15) is 50.2 Å². The van der Waals surface area contributed by atoms with Crippen molar-refractivity contribution in [2.45, 2.75) is 45.4 Å². The van der Waals surface area contributed by atoms with Crippen molar-refractivity contribution in [2.24, 2.45) is 13.0 Å². The molecule has 38 heavy (non-hydrogen) atoms. The van der Waals surface area contributed by atoms with Gasteiger partial charge in [-0.15, -0.1) is 0 Å². The highest BCUT2D eigenvalue weighted by Gasteiger charge is 2.22. The molecule has 4 nitrogen and oxygen atoms in total. The molecule has 1 saturated heterocycles. The van der Waals surface area contributed by atoms with E-state index in [2.05, 4.69) is 64.3 Å². The fourth-order valence-electron chi connectivity index (χ4n) is 5.85. The Hall–Kier alpha value is -3.44. The Kier molecular flexibility index (Phi) is 7.94. The van der Waals surface area contributed by atoms with Crippen LogP contribution in [0.2, 0.25) is 0 Å². The van der Waals surface area contributed by atoms with E-state index in [0.717, 1.165) is 62.3 Å². The number of piperidine rings is 1. The molecule has 2 heterocycles. The largest absolute Gasteiger partial charge is 0.343 e. The topological polar surface area (TPSA) is 37.3 Å². The predicted molar refractivity (Wildman–Crippen MR) is 155 cm³/mol. The Labute approximate surface area is 225 Å². The second kappa shape index (κ2) is 11.5. The first-order chi connectivity index (χ1) is 18.4. The number of nitrogens with one attached hydrogen (secondary N) is 1. The van der Waals surface area contributed by atoms with Gasteiger partial charge in [0.2, 0.25) is 5.91 Å². The fourth-order valence-corrected chi connectivity index (χ4v) is 5.85. The molecule has 1 fully saturated rings. The van der Waals surface area contributed by atoms with E-state index in [4.69, 9.17) is 0 Å². The minimum atomic E-state index is -0.200. The zero-order valence-corrected chi connectivity index (χ0v) is 22.7. The highest BCUT2D eigenvalue weighted by atomic mass is 19.1. The maximum atomic E-state index is 14.1. The summed E-state index contributed by atoms with van der Waals surface area (Å²) in [5, 5.41) is 4.30. The quantitative estimate of drug-likeness (QED) is 0.268. The lowest BCUT2D eigenvalue weighted by Gasteiger charge is -2.32.